The van der Waals surface area contributed by atoms with Crippen molar-refractivity contribution in [2.45, 2.75) is 452 Å². The van der Waals surface area contributed by atoms with E-state index in [9.17, 15) is 61.0 Å². The van der Waals surface area contributed by atoms with Crippen LogP contribution in [0.3, 0.4) is 0 Å². The van der Waals surface area contributed by atoms with Crippen LogP contribution in [0.4, 0.5) is 0 Å². The van der Waals surface area contributed by atoms with Gasteiger partial charge in [0.15, 0.2) is 18.9 Å². The Bertz CT molecular complexity index is 2460. The van der Waals surface area contributed by atoms with E-state index in [1.54, 1.807) is 6.08 Å². The second kappa shape index (κ2) is 72.5. The molecule has 3 heterocycles. The summed E-state index contributed by atoms with van der Waals surface area (Å²) in [5.41, 5.74) is 0. The van der Waals surface area contributed by atoms with Crippen LogP contribution in [0.1, 0.15) is 348 Å². The Labute approximate surface area is 685 Å². The van der Waals surface area contributed by atoms with Crippen molar-refractivity contribution >= 4 is 5.91 Å². The van der Waals surface area contributed by atoms with E-state index in [2.05, 4.69) is 116 Å². The molecule has 17 atom stereocenters. The molecule has 3 rings (SSSR count). The van der Waals surface area contributed by atoms with Crippen LogP contribution in [-0.2, 0) is 33.2 Å². The van der Waals surface area contributed by atoms with Crippen LogP contribution in [-0.4, -0.2) is 193 Å². The first-order valence-electron chi connectivity index (χ1n) is 45.6. The molecule has 0 bridgehead atoms. The number of allylic oxidation sites excluding steroid dienone is 17. The minimum Gasteiger partial charge on any atom is -0.394 e. The van der Waals surface area contributed by atoms with Crippen LogP contribution in [0.2, 0.25) is 0 Å². The van der Waals surface area contributed by atoms with Gasteiger partial charge >= 0.3 is 0 Å². The van der Waals surface area contributed by atoms with Gasteiger partial charge in [-0.2, -0.15) is 0 Å². The molecule has 3 aliphatic rings. The smallest absolute Gasteiger partial charge is 0.220 e. The van der Waals surface area contributed by atoms with Gasteiger partial charge in [-0.1, -0.05) is 361 Å². The first-order chi connectivity index (χ1) is 55.3. The van der Waals surface area contributed by atoms with Gasteiger partial charge in [0, 0.05) is 6.42 Å². The highest BCUT2D eigenvalue weighted by Gasteiger charge is 2.54. The van der Waals surface area contributed by atoms with E-state index >= 15 is 0 Å². The SMILES string of the molecule is CC/C=C\C/C=C\C/C=C\C/C=C\C/C=C\C/C=C\C/C=C\CCCCCCCCCCCCCCCCCCCCCC(=O)NC(COC1OC(CO)C(OC2OC(CO)C(OC3OC(CO)C(O)C(O)C3O)C(O)C2O)C(O)C1O)C(O)/C=C/CC/C=C/CCCCCCCCCCCCCCCCCCCCCCC. The Morgan fingerprint density at radius 3 is 0.991 bits per heavy atom. The predicted octanol–water partition coefficient (Wildman–Crippen LogP) is 17.6. The van der Waals surface area contributed by atoms with Crippen molar-refractivity contribution < 1.29 is 89.4 Å². The monoisotopic (exact) mass is 1600 g/mol. The molecule has 3 fully saturated rings. The summed E-state index contributed by atoms with van der Waals surface area (Å²) in [5.74, 6) is -0.282. The third-order valence-corrected chi connectivity index (χ3v) is 22.1. The minimum absolute atomic E-state index is 0.234. The Morgan fingerprint density at radius 2 is 0.619 bits per heavy atom. The van der Waals surface area contributed by atoms with E-state index in [1.165, 1.54) is 231 Å². The molecule has 12 N–H and O–H groups in total. The number of ether oxygens (including phenoxy) is 6. The van der Waals surface area contributed by atoms with Gasteiger partial charge in [-0.15, -0.1) is 0 Å². The summed E-state index contributed by atoms with van der Waals surface area (Å²) in [7, 11) is 0. The molecule has 0 aromatic rings. The number of nitrogens with one attached hydrogen (secondary N) is 1. The van der Waals surface area contributed by atoms with Gasteiger partial charge in [-0.3, -0.25) is 4.79 Å². The minimum atomic E-state index is -1.99. The average molecular weight is 1600 g/mol. The van der Waals surface area contributed by atoms with Crippen LogP contribution in [0.25, 0.3) is 0 Å². The molecule has 0 aromatic carbocycles. The fraction of sp³-hybridized carbons (Fsp3) is 0.798. The number of aliphatic hydroxyl groups excluding tert-OH is 11. The molecule has 0 aliphatic carbocycles. The van der Waals surface area contributed by atoms with Crippen LogP contribution >= 0.6 is 0 Å². The van der Waals surface area contributed by atoms with Crippen molar-refractivity contribution in [3.8, 4) is 0 Å². The number of carbonyl (C=O) groups excluding carboxylic acids is 1. The summed E-state index contributed by atoms with van der Waals surface area (Å²) < 4.78 is 34.5. The molecular formula is C94H165NO18. The molecular weight excluding hydrogens is 1430 g/mol. The van der Waals surface area contributed by atoms with Gasteiger partial charge < -0.3 is 89.9 Å². The van der Waals surface area contributed by atoms with E-state index < -0.39 is 124 Å². The third kappa shape index (κ3) is 50.9. The number of amides is 1. The summed E-state index contributed by atoms with van der Waals surface area (Å²) >= 11 is 0. The number of unbranched alkanes of at least 4 members (excludes halogenated alkanes) is 41. The first-order valence-corrected chi connectivity index (χ1v) is 45.6. The maximum atomic E-state index is 13.5. The number of carbonyl (C=O) groups is 1. The van der Waals surface area contributed by atoms with Crippen LogP contribution < -0.4 is 5.32 Å². The highest BCUT2D eigenvalue weighted by Crippen LogP contribution is 2.33. The number of hydrogen-bond acceptors (Lipinski definition) is 18. The highest BCUT2D eigenvalue weighted by atomic mass is 16.8. The van der Waals surface area contributed by atoms with Gasteiger partial charge in [-0.05, 0) is 89.9 Å². The van der Waals surface area contributed by atoms with Crippen molar-refractivity contribution in [2.75, 3.05) is 26.4 Å². The van der Waals surface area contributed by atoms with Crippen molar-refractivity contribution in [1.29, 1.82) is 0 Å². The lowest BCUT2D eigenvalue weighted by atomic mass is 9.96. The molecule has 0 aromatic heterocycles. The van der Waals surface area contributed by atoms with E-state index in [0.717, 1.165) is 83.5 Å². The summed E-state index contributed by atoms with van der Waals surface area (Å²) in [6, 6.07) is -0.996. The summed E-state index contributed by atoms with van der Waals surface area (Å²) in [6.45, 7) is 1.64. The maximum Gasteiger partial charge on any atom is 0.220 e. The molecule has 17 unspecified atom stereocenters. The second-order valence-electron chi connectivity index (χ2n) is 32.0. The second-order valence-corrected chi connectivity index (χ2v) is 32.0. The van der Waals surface area contributed by atoms with E-state index in [1.807, 2.05) is 6.08 Å². The van der Waals surface area contributed by atoms with Crippen molar-refractivity contribution in [2.24, 2.45) is 0 Å². The topological polar surface area (TPSA) is 307 Å². The molecule has 0 radical (unpaired) electrons. The van der Waals surface area contributed by atoms with E-state index in [0.29, 0.717) is 12.8 Å². The Balaban J connectivity index is 1.31. The van der Waals surface area contributed by atoms with Gasteiger partial charge in [0.2, 0.25) is 5.91 Å². The number of hydrogen-bond donors (Lipinski definition) is 12. The molecule has 1 amide bonds. The molecule has 113 heavy (non-hydrogen) atoms. The third-order valence-electron chi connectivity index (χ3n) is 22.1. The van der Waals surface area contributed by atoms with Gasteiger partial charge in [0.1, 0.15) is 73.2 Å². The van der Waals surface area contributed by atoms with Crippen molar-refractivity contribution in [3.05, 3.63) is 109 Å². The largest absolute Gasteiger partial charge is 0.394 e. The molecule has 0 spiro atoms. The zero-order valence-electron chi connectivity index (χ0n) is 70.6. The van der Waals surface area contributed by atoms with Gasteiger partial charge in [-0.25, -0.2) is 0 Å². The maximum absolute atomic E-state index is 13.5. The summed E-state index contributed by atoms with van der Waals surface area (Å²) in [6.07, 6.45) is 75.3. The number of aliphatic hydroxyl groups is 11. The lowest BCUT2D eigenvalue weighted by Crippen LogP contribution is -2.66. The normalized spacial score (nSPS) is 25.3. The Morgan fingerprint density at radius 1 is 0.327 bits per heavy atom. The van der Waals surface area contributed by atoms with Crippen molar-refractivity contribution in [1.82, 2.24) is 5.32 Å². The van der Waals surface area contributed by atoms with Gasteiger partial charge in [0.25, 0.3) is 0 Å². The van der Waals surface area contributed by atoms with Crippen molar-refractivity contribution in [3.63, 3.8) is 0 Å². The Kier molecular flexibility index (Phi) is 66.5. The quantitative estimate of drug-likeness (QED) is 0.0199. The Hall–Kier alpha value is -3.55. The number of rotatable bonds is 73. The zero-order valence-corrected chi connectivity index (χ0v) is 70.6. The van der Waals surface area contributed by atoms with Crippen LogP contribution in [0.15, 0.2) is 109 Å². The zero-order chi connectivity index (χ0) is 81.7. The fourth-order valence-electron chi connectivity index (χ4n) is 14.8. The summed E-state index contributed by atoms with van der Waals surface area (Å²) in [4.78, 5) is 13.5. The highest BCUT2D eigenvalue weighted by molar-refractivity contribution is 5.76. The lowest BCUT2D eigenvalue weighted by molar-refractivity contribution is -0.379. The van der Waals surface area contributed by atoms with Crippen LogP contribution in [0.5, 0.6) is 0 Å². The molecule has 3 saturated heterocycles. The summed E-state index contributed by atoms with van der Waals surface area (Å²) in [5, 5.41) is 121. The molecule has 19 nitrogen and oxygen atoms in total. The fourth-order valence-corrected chi connectivity index (χ4v) is 14.8. The molecule has 0 saturated carbocycles. The molecule has 19 heteroatoms. The first kappa shape index (κ1) is 104. The molecule has 3 aliphatic heterocycles. The van der Waals surface area contributed by atoms with E-state index in [-0.39, 0.29) is 18.9 Å². The van der Waals surface area contributed by atoms with E-state index in [4.69, 9.17) is 28.4 Å². The predicted molar refractivity (Wildman–Crippen MR) is 457 cm³/mol. The van der Waals surface area contributed by atoms with Gasteiger partial charge in [0.05, 0.1) is 38.6 Å². The van der Waals surface area contributed by atoms with Crippen LogP contribution in [0, 0.1) is 0 Å². The lowest BCUT2D eigenvalue weighted by Gasteiger charge is -2.48. The average Bonchev–Trinajstić information content (AvgIpc) is 0.777. The molecule has 654 valence electrons. The standard InChI is InChI=1S/C94H165NO18/c1-3-5-7-9-11-13-15-17-19-21-23-25-27-29-31-32-33-34-35-36-37-38-39-40-41-42-43-44-46-48-50-52-54-56-58-60-62-64-66-68-70-72-82(100)95-77(78(99)71-69-67-65-63-61-59-57-55-53-51-49-47-45-30-28-26-24-22-20-18-16-14-12-10-8-6-4-2)76-108-92-88(106)85(103)90(80(74-97)110-92)113-94-89(107)86(104)91(81(75-98)111-94)112-93-87(105)84(102)83(101)79(73-96)109-93/h5,7,11,13,17,19,23,25,29,31,33-34,36-37,61,63,69,71,77-81,83-94,96-99,101-107H,3-4,6,8-10,12,14-16,18,20-22,24,26-28,30,32,35,38-60,62,64-68,70,72-76H2,1-2H3,(H,95,100)/b7-5-,13-11-,19-17-,25-23-,31-29-,34-33-,37-36-,63-61+,71-69+.